The minimum absolute atomic E-state index is 0.150. The predicted octanol–water partition coefficient (Wildman–Crippen LogP) is 2.57. The lowest BCUT2D eigenvalue weighted by atomic mass is 10.1. The van der Waals surface area contributed by atoms with Crippen LogP contribution in [-0.4, -0.2) is 29.8 Å². The molecular weight excluding hydrogens is 242 g/mol. The lowest BCUT2D eigenvalue weighted by molar-refractivity contribution is -0.122. The summed E-state index contributed by atoms with van der Waals surface area (Å²) in [5.74, 6) is -0.401. The third-order valence-electron chi connectivity index (χ3n) is 2.26. The molecule has 0 aliphatic rings. The molecule has 1 amide bonds. The van der Waals surface area contributed by atoms with Crippen molar-refractivity contribution in [3.05, 3.63) is 36.4 Å². The molecule has 0 bridgehead atoms. The third-order valence-corrected chi connectivity index (χ3v) is 2.26. The quantitative estimate of drug-likeness (QED) is 0.826. The zero-order valence-corrected chi connectivity index (χ0v) is 12.1. The van der Waals surface area contributed by atoms with Crippen LogP contribution in [0.2, 0.25) is 0 Å². The summed E-state index contributed by atoms with van der Waals surface area (Å²) < 4.78 is 0. The van der Waals surface area contributed by atoms with Crippen molar-refractivity contribution >= 4 is 11.6 Å². The smallest absolute Gasteiger partial charge is 0.231 e. The van der Waals surface area contributed by atoms with Crippen LogP contribution in [0.3, 0.4) is 0 Å². The number of aliphatic hydroxyl groups is 1. The second-order valence-corrected chi connectivity index (χ2v) is 4.70. The van der Waals surface area contributed by atoms with E-state index in [2.05, 4.69) is 6.58 Å². The van der Waals surface area contributed by atoms with Gasteiger partial charge in [-0.3, -0.25) is 4.79 Å². The normalized spacial score (nSPS) is 11.0. The first-order chi connectivity index (χ1) is 8.79. The maximum Gasteiger partial charge on any atom is 0.231 e. The van der Waals surface area contributed by atoms with Crippen LogP contribution in [0.15, 0.2) is 36.4 Å². The molecule has 0 fully saturated rings. The lowest BCUT2D eigenvalue weighted by Crippen LogP contribution is -2.33. The van der Waals surface area contributed by atoms with Crippen molar-refractivity contribution in [3.8, 4) is 5.75 Å². The van der Waals surface area contributed by atoms with Crippen molar-refractivity contribution in [1.29, 1.82) is 0 Å². The van der Waals surface area contributed by atoms with E-state index in [1.54, 1.807) is 26.1 Å². The molecule has 4 nitrogen and oxygen atoms in total. The first-order valence-corrected chi connectivity index (χ1v) is 6.09. The fraction of sp³-hybridized carbons (Fsp3) is 0.400. The van der Waals surface area contributed by atoms with Gasteiger partial charge in [0.1, 0.15) is 5.75 Å². The monoisotopic (exact) mass is 265 g/mol. The number of aromatic hydroxyl groups is 1. The van der Waals surface area contributed by atoms with Gasteiger partial charge in [-0.2, -0.15) is 0 Å². The molecule has 1 atom stereocenters. The number of phenols is 1. The molecule has 19 heavy (non-hydrogen) atoms. The maximum absolute atomic E-state index is 11.7. The van der Waals surface area contributed by atoms with E-state index in [9.17, 15) is 4.79 Å². The number of nitrogens with zero attached hydrogens (tertiary/aromatic N) is 1. The molecule has 0 saturated heterocycles. The van der Waals surface area contributed by atoms with Crippen LogP contribution in [-0.2, 0) is 4.79 Å². The van der Waals surface area contributed by atoms with Gasteiger partial charge in [0.25, 0.3) is 0 Å². The number of aliphatic hydroxyl groups excluding tert-OH is 1. The highest BCUT2D eigenvalue weighted by molar-refractivity contribution is 5.94. The Hall–Kier alpha value is -1.81. The number of benzene rings is 1. The molecule has 0 aliphatic carbocycles. The Labute approximate surface area is 115 Å². The molecule has 106 valence electrons. The second-order valence-electron chi connectivity index (χ2n) is 4.70. The number of phenolic OH excluding ortho intramolecular Hbond substituents is 1. The first kappa shape index (κ1) is 17.2. The van der Waals surface area contributed by atoms with Crippen LogP contribution in [0.1, 0.15) is 20.8 Å². The molecule has 2 N–H and O–H groups in total. The Bertz CT molecular complexity index is 408. The molecule has 0 aliphatic heterocycles. The van der Waals surface area contributed by atoms with Gasteiger partial charge >= 0.3 is 0 Å². The Morgan fingerprint density at radius 2 is 1.74 bits per heavy atom. The van der Waals surface area contributed by atoms with Gasteiger partial charge in [0.2, 0.25) is 5.91 Å². The number of allylic oxidation sites excluding steroid dienone is 1. The number of amides is 1. The van der Waals surface area contributed by atoms with Gasteiger partial charge < -0.3 is 15.1 Å². The average molecular weight is 265 g/mol. The fourth-order valence-corrected chi connectivity index (χ4v) is 1.21. The van der Waals surface area contributed by atoms with E-state index in [-0.39, 0.29) is 18.3 Å². The van der Waals surface area contributed by atoms with Gasteiger partial charge in [-0.25, -0.2) is 0 Å². The number of rotatable bonds is 3. The van der Waals surface area contributed by atoms with Gasteiger partial charge in [0, 0.05) is 12.7 Å². The van der Waals surface area contributed by atoms with E-state index in [1.165, 1.54) is 22.6 Å². The number of carbonyl (C=O) groups excluding carboxylic acids is 1. The highest BCUT2D eigenvalue weighted by Crippen LogP contribution is 2.18. The minimum atomic E-state index is -0.413. The van der Waals surface area contributed by atoms with Gasteiger partial charge in [-0.1, -0.05) is 12.5 Å². The number of hydrogen-bond acceptors (Lipinski definition) is 3. The summed E-state index contributed by atoms with van der Waals surface area (Å²) >= 11 is 0. The molecule has 1 unspecified atom stereocenters. The number of carbonyl (C=O) groups is 1. The zero-order chi connectivity index (χ0) is 15.0. The van der Waals surface area contributed by atoms with Crippen LogP contribution in [0.4, 0.5) is 5.69 Å². The molecule has 0 heterocycles. The molecule has 0 saturated carbocycles. The van der Waals surface area contributed by atoms with Crippen LogP contribution < -0.4 is 4.90 Å². The van der Waals surface area contributed by atoms with Crippen molar-refractivity contribution in [2.45, 2.75) is 20.8 Å². The average Bonchev–Trinajstić information content (AvgIpc) is 2.36. The summed E-state index contributed by atoms with van der Waals surface area (Å²) in [5, 5.41) is 17.9. The SMILES string of the molecule is C=C(C)C.CC(CO)C(=O)N(C)c1ccc(O)cc1. The lowest BCUT2D eigenvalue weighted by Gasteiger charge is -2.20. The zero-order valence-electron chi connectivity index (χ0n) is 12.1. The third kappa shape index (κ3) is 6.62. The summed E-state index contributed by atoms with van der Waals surface area (Å²) in [6, 6.07) is 6.33. The fourth-order valence-electron chi connectivity index (χ4n) is 1.21. The molecule has 4 heteroatoms. The van der Waals surface area contributed by atoms with E-state index in [1.807, 2.05) is 13.8 Å². The summed E-state index contributed by atoms with van der Waals surface area (Å²) in [6.45, 7) is 9.00. The first-order valence-electron chi connectivity index (χ1n) is 6.09. The van der Waals surface area contributed by atoms with Gasteiger partial charge in [-0.05, 0) is 38.1 Å². The van der Waals surface area contributed by atoms with Crippen LogP contribution >= 0.6 is 0 Å². The predicted molar refractivity (Wildman–Crippen MR) is 78.3 cm³/mol. The van der Waals surface area contributed by atoms with Crippen molar-refractivity contribution in [2.24, 2.45) is 5.92 Å². The number of hydrogen-bond donors (Lipinski definition) is 2. The van der Waals surface area contributed by atoms with Crippen molar-refractivity contribution in [3.63, 3.8) is 0 Å². The largest absolute Gasteiger partial charge is 0.508 e. The summed E-state index contributed by atoms with van der Waals surface area (Å²) in [7, 11) is 1.64. The van der Waals surface area contributed by atoms with Crippen molar-refractivity contribution in [2.75, 3.05) is 18.6 Å². The molecule has 0 spiro atoms. The van der Waals surface area contributed by atoms with E-state index in [0.29, 0.717) is 5.69 Å². The standard InChI is InChI=1S/C11H15NO3.C4H8/c1-8(7-13)11(15)12(2)9-3-5-10(14)6-4-9;1-4(2)3/h3-6,8,13-14H,7H2,1-2H3;1H2,2-3H3. The van der Waals surface area contributed by atoms with Crippen molar-refractivity contribution < 1.29 is 15.0 Å². The second kappa shape index (κ2) is 8.32. The van der Waals surface area contributed by atoms with Crippen molar-refractivity contribution in [1.82, 2.24) is 0 Å². The van der Waals surface area contributed by atoms with Crippen LogP contribution in [0.25, 0.3) is 0 Å². The van der Waals surface area contributed by atoms with E-state index in [0.717, 1.165) is 0 Å². The minimum Gasteiger partial charge on any atom is -0.508 e. The molecular formula is C15H23NO3. The summed E-state index contributed by atoms with van der Waals surface area (Å²) in [6.07, 6.45) is 0. The Morgan fingerprint density at radius 1 is 1.32 bits per heavy atom. The van der Waals surface area contributed by atoms with E-state index in [4.69, 9.17) is 10.2 Å². The van der Waals surface area contributed by atoms with E-state index < -0.39 is 5.92 Å². The van der Waals surface area contributed by atoms with Crippen LogP contribution in [0.5, 0.6) is 5.75 Å². The van der Waals surface area contributed by atoms with Gasteiger partial charge in [0.05, 0.1) is 12.5 Å². The van der Waals surface area contributed by atoms with E-state index >= 15 is 0 Å². The summed E-state index contributed by atoms with van der Waals surface area (Å²) in [4.78, 5) is 13.1. The van der Waals surface area contributed by atoms with Crippen LogP contribution in [0, 0.1) is 5.92 Å². The molecule has 0 aromatic heterocycles. The highest BCUT2D eigenvalue weighted by Gasteiger charge is 2.17. The van der Waals surface area contributed by atoms with Gasteiger partial charge in [-0.15, -0.1) is 6.58 Å². The maximum atomic E-state index is 11.7. The van der Waals surface area contributed by atoms with Gasteiger partial charge in [0.15, 0.2) is 0 Å². The topological polar surface area (TPSA) is 60.8 Å². The molecule has 1 aromatic rings. The summed E-state index contributed by atoms with van der Waals surface area (Å²) in [5.41, 5.74) is 1.86. The highest BCUT2D eigenvalue weighted by atomic mass is 16.3. The molecule has 0 radical (unpaired) electrons. The molecule has 1 rings (SSSR count). The molecule has 1 aromatic carbocycles. The Morgan fingerprint density at radius 3 is 2.11 bits per heavy atom. The Kier molecular flexibility index (Phi) is 7.53. The number of anilines is 1. The Balaban J connectivity index is 0.000000711.